The first-order chi connectivity index (χ1) is 7.74. The van der Waals surface area contributed by atoms with E-state index in [-0.39, 0.29) is 0 Å². The van der Waals surface area contributed by atoms with Gasteiger partial charge in [0.2, 0.25) is 0 Å². The highest BCUT2D eigenvalue weighted by molar-refractivity contribution is 5.39. The molecule has 0 fully saturated rings. The molecular weight excluding hydrogens is 202 g/mol. The van der Waals surface area contributed by atoms with Crippen LogP contribution in [0.5, 0.6) is 0 Å². The molecule has 0 aliphatic carbocycles. The number of nitrogens with zero attached hydrogens (tertiary/aromatic N) is 2. The Hall–Kier alpha value is -1.16. The summed E-state index contributed by atoms with van der Waals surface area (Å²) in [6, 6.07) is 0. The van der Waals surface area contributed by atoms with Crippen LogP contribution in [0.2, 0.25) is 0 Å². The Balaban J connectivity index is 2.23. The number of hydrogen-bond donors (Lipinski definition) is 1. The van der Waals surface area contributed by atoms with E-state index in [0.29, 0.717) is 0 Å². The van der Waals surface area contributed by atoms with Gasteiger partial charge in [-0.3, -0.25) is 4.98 Å². The fourth-order valence-corrected chi connectivity index (χ4v) is 1.33. The van der Waals surface area contributed by atoms with Crippen molar-refractivity contribution < 1.29 is 4.74 Å². The molecule has 0 saturated heterocycles. The Morgan fingerprint density at radius 2 is 2.12 bits per heavy atom. The molecule has 0 saturated carbocycles. The third-order valence-corrected chi connectivity index (χ3v) is 2.18. The maximum Gasteiger partial charge on any atom is 0.147 e. The van der Waals surface area contributed by atoms with Gasteiger partial charge in [0.25, 0.3) is 0 Å². The molecule has 0 radical (unpaired) electrons. The molecule has 16 heavy (non-hydrogen) atoms. The topological polar surface area (TPSA) is 47.0 Å². The fraction of sp³-hybridized carbons (Fsp3) is 0.667. The largest absolute Gasteiger partial charge is 0.381 e. The van der Waals surface area contributed by atoms with E-state index in [2.05, 4.69) is 22.2 Å². The lowest BCUT2D eigenvalue weighted by molar-refractivity contribution is 0.134. The standard InChI is InChI=1S/C12H21N3O/c1-4-7-16-8-5-6-13-12-11(3)14-9-10(2)15-12/h9H,4-8H2,1-3H3,(H,13,15). The quantitative estimate of drug-likeness (QED) is 0.721. The van der Waals surface area contributed by atoms with E-state index in [1.807, 2.05) is 13.8 Å². The molecule has 0 aliphatic heterocycles. The van der Waals surface area contributed by atoms with E-state index < -0.39 is 0 Å². The van der Waals surface area contributed by atoms with Crippen molar-refractivity contribution in [3.63, 3.8) is 0 Å². The van der Waals surface area contributed by atoms with Gasteiger partial charge in [0.05, 0.1) is 11.4 Å². The van der Waals surface area contributed by atoms with Crippen molar-refractivity contribution in [1.29, 1.82) is 0 Å². The minimum Gasteiger partial charge on any atom is -0.381 e. The molecule has 0 amide bonds. The smallest absolute Gasteiger partial charge is 0.147 e. The van der Waals surface area contributed by atoms with Crippen molar-refractivity contribution in [2.75, 3.05) is 25.1 Å². The zero-order valence-electron chi connectivity index (χ0n) is 10.4. The van der Waals surface area contributed by atoms with E-state index >= 15 is 0 Å². The molecule has 0 atom stereocenters. The molecule has 0 aromatic carbocycles. The Bertz CT molecular complexity index is 315. The van der Waals surface area contributed by atoms with E-state index in [9.17, 15) is 0 Å². The Morgan fingerprint density at radius 1 is 1.31 bits per heavy atom. The van der Waals surface area contributed by atoms with Gasteiger partial charge in [-0.25, -0.2) is 4.98 Å². The van der Waals surface area contributed by atoms with Crippen LogP contribution < -0.4 is 5.32 Å². The Kier molecular flexibility index (Phi) is 5.78. The lowest BCUT2D eigenvalue weighted by Gasteiger charge is -2.08. The summed E-state index contributed by atoms with van der Waals surface area (Å²) in [4.78, 5) is 8.64. The third kappa shape index (κ3) is 4.57. The molecule has 0 spiro atoms. The molecule has 0 aliphatic rings. The SMILES string of the molecule is CCCOCCCNc1nc(C)cnc1C. The summed E-state index contributed by atoms with van der Waals surface area (Å²) in [5.74, 6) is 0.885. The average Bonchev–Trinajstić information content (AvgIpc) is 2.28. The second kappa shape index (κ2) is 7.17. The number of aromatic nitrogens is 2. The zero-order chi connectivity index (χ0) is 11.8. The van der Waals surface area contributed by atoms with Crippen LogP contribution >= 0.6 is 0 Å². The summed E-state index contributed by atoms with van der Waals surface area (Å²) in [7, 11) is 0. The zero-order valence-corrected chi connectivity index (χ0v) is 10.4. The van der Waals surface area contributed by atoms with Crippen LogP contribution in [0.1, 0.15) is 31.2 Å². The summed E-state index contributed by atoms with van der Waals surface area (Å²) < 4.78 is 5.40. The van der Waals surface area contributed by atoms with Crippen LogP contribution in [0.25, 0.3) is 0 Å². The first kappa shape index (κ1) is 12.9. The maximum absolute atomic E-state index is 5.40. The maximum atomic E-state index is 5.40. The number of aryl methyl sites for hydroxylation is 2. The van der Waals surface area contributed by atoms with Crippen molar-refractivity contribution in [3.8, 4) is 0 Å². The molecule has 4 nitrogen and oxygen atoms in total. The third-order valence-electron chi connectivity index (χ3n) is 2.18. The molecular formula is C12H21N3O. The van der Waals surface area contributed by atoms with Crippen molar-refractivity contribution in [1.82, 2.24) is 9.97 Å². The van der Waals surface area contributed by atoms with Crippen LogP contribution in [0, 0.1) is 13.8 Å². The molecule has 90 valence electrons. The Morgan fingerprint density at radius 3 is 2.88 bits per heavy atom. The molecule has 1 aromatic heterocycles. The fourth-order valence-electron chi connectivity index (χ4n) is 1.33. The summed E-state index contributed by atoms with van der Waals surface area (Å²) in [5, 5.41) is 3.28. The molecule has 1 N–H and O–H groups in total. The van der Waals surface area contributed by atoms with Crippen LogP contribution in [0.3, 0.4) is 0 Å². The minimum absolute atomic E-state index is 0.805. The summed E-state index contributed by atoms with van der Waals surface area (Å²) in [6.07, 6.45) is 3.86. The van der Waals surface area contributed by atoms with Crippen molar-refractivity contribution >= 4 is 5.82 Å². The molecule has 0 unspecified atom stereocenters. The second-order valence-electron chi connectivity index (χ2n) is 3.84. The van der Waals surface area contributed by atoms with Gasteiger partial charge in [0.1, 0.15) is 5.82 Å². The lowest BCUT2D eigenvalue weighted by atomic mass is 10.4. The normalized spacial score (nSPS) is 10.4. The van der Waals surface area contributed by atoms with E-state index in [4.69, 9.17) is 4.74 Å². The monoisotopic (exact) mass is 223 g/mol. The summed E-state index contributed by atoms with van der Waals surface area (Å²) >= 11 is 0. The number of anilines is 1. The van der Waals surface area contributed by atoms with Gasteiger partial charge >= 0.3 is 0 Å². The average molecular weight is 223 g/mol. The van der Waals surface area contributed by atoms with E-state index in [0.717, 1.165) is 49.8 Å². The van der Waals surface area contributed by atoms with Gasteiger partial charge in [-0.1, -0.05) is 6.92 Å². The van der Waals surface area contributed by atoms with Crippen LogP contribution in [-0.2, 0) is 4.74 Å². The van der Waals surface area contributed by atoms with Gasteiger partial charge in [-0.05, 0) is 26.7 Å². The van der Waals surface area contributed by atoms with Crippen LogP contribution in [-0.4, -0.2) is 29.7 Å². The van der Waals surface area contributed by atoms with Crippen molar-refractivity contribution in [3.05, 3.63) is 17.6 Å². The number of nitrogens with one attached hydrogen (secondary N) is 1. The van der Waals surface area contributed by atoms with Crippen molar-refractivity contribution in [2.45, 2.75) is 33.6 Å². The van der Waals surface area contributed by atoms with Crippen molar-refractivity contribution in [2.24, 2.45) is 0 Å². The highest BCUT2D eigenvalue weighted by atomic mass is 16.5. The van der Waals surface area contributed by atoms with E-state index in [1.165, 1.54) is 0 Å². The Labute approximate surface area is 97.5 Å². The summed E-state index contributed by atoms with van der Waals surface area (Å²) in [5.41, 5.74) is 1.88. The first-order valence-electron chi connectivity index (χ1n) is 5.86. The van der Waals surface area contributed by atoms with Gasteiger partial charge < -0.3 is 10.1 Å². The summed E-state index contributed by atoms with van der Waals surface area (Å²) in [6.45, 7) is 8.55. The predicted octanol–water partition coefficient (Wildman–Crippen LogP) is 2.32. The minimum atomic E-state index is 0.805. The molecule has 1 aromatic rings. The second-order valence-corrected chi connectivity index (χ2v) is 3.84. The van der Waals surface area contributed by atoms with E-state index in [1.54, 1.807) is 6.20 Å². The molecule has 1 heterocycles. The van der Waals surface area contributed by atoms with Gasteiger partial charge in [0, 0.05) is 26.0 Å². The van der Waals surface area contributed by atoms with Gasteiger partial charge in [-0.2, -0.15) is 0 Å². The van der Waals surface area contributed by atoms with Gasteiger partial charge in [-0.15, -0.1) is 0 Å². The molecule has 4 heteroatoms. The van der Waals surface area contributed by atoms with Gasteiger partial charge in [0.15, 0.2) is 0 Å². The molecule has 0 bridgehead atoms. The predicted molar refractivity (Wildman–Crippen MR) is 65.7 cm³/mol. The van der Waals surface area contributed by atoms with Crippen LogP contribution in [0.4, 0.5) is 5.82 Å². The molecule has 1 rings (SSSR count). The highest BCUT2D eigenvalue weighted by Crippen LogP contribution is 2.08. The van der Waals surface area contributed by atoms with Crippen LogP contribution in [0.15, 0.2) is 6.20 Å². The number of ether oxygens (including phenoxy) is 1. The lowest BCUT2D eigenvalue weighted by Crippen LogP contribution is -2.09. The highest BCUT2D eigenvalue weighted by Gasteiger charge is 2.00. The number of rotatable bonds is 7. The first-order valence-corrected chi connectivity index (χ1v) is 5.86. The number of hydrogen-bond acceptors (Lipinski definition) is 4.